The van der Waals surface area contributed by atoms with Crippen molar-refractivity contribution in [2.45, 2.75) is 142 Å². The Morgan fingerprint density at radius 1 is 1.00 bits per heavy atom. The van der Waals surface area contributed by atoms with E-state index in [4.69, 9.17) is 57.3 Å². The van der Waals surface area contributed by atoms with Crippen LogP contribution in [0.4, 0.5) is 0 Å². The van der Waals surface area contributed by atoms with Crippen LogP contribution < -0.4 is 0 Å². The summed E-state index contributed by atoms with van der Waals surface area (Å²) in [5.74, 6) is 0. The Kier molecular flexibility index (Phi) is 15.4. The standard InChI is InChI=1S/C33H56N2O10P2S/c1-8-16-33(7,10-3)31(12-18-35)43-46(42-26-14-20-37-25(26)9-2)40-22-29-27(15-21-39-29)44-47(48,41-23-28-24(36)13-19-38-28)45-30(11-17-34)32(4,5)6/h8,24-31,36H,1,9-16,19-23H2,2-7H3/i19T,20T,21T. The largest absolute Gasteiger partial charge is 0.390 e. The molecule has 3 saturated heterocycles. The molecule has 12 nitrogen and oxygen atoms in total. The van der Waals surface area contributed by atoms with E-state index in [0.29, 0.717) is 25.7 Å². The van der Waals surface area contributed by atoms with Crippen molar-refractivity contribution < 1.29 is 50.6 Å². The van der Waals surface area contributed by atoms with Gasteiger partial charge in [-0.15, -0.1) is 6.58 Å². The summed E-state index contributed by atoms with van der Waals surface area (Å²) in [6.07, 6.45) is -1.12. The van der Waals surface area contributed by atoms with E-state index >= 15 is 0 Å². The van der Waals surface area contributed by atoms with Gasteiger partial charge in [-0.1, -0.05) is 47.6 Å². The number of hydrogen-bond donors (Lipinski definition) is 1. The van der Waals surface area contributed by atoms with Crippen LogP contribution in [0.5, 0.6) is 0 Å². The molecule has 0 aliphatic carbocycles. The van der Waals surface area contributed by atoms with E-state index in [1.54, 1.807) is 6.08 Å². The number of nitriles is 2. The molecule has 0 spiro atoms. The molecule has 0 amide bonds. The molecule has 1 N–H and O–H groups in total. The number of ether oxygens (including phenoxy) is 3. The highest BCUT2D eigenvalue weighted by molar-refractivity contribution is 8.07. The van der Waals surface area contributed by atoms with Crippen molar-refractivity contribution >= 4 is 27.1 Å². The molecule has 14 unspecified atom stereocenters. The Balaban J connectivity index is 1.85. The van der Waals surface area contributed by atoms with Gasteiger partial charge in [0, 0.05) is 32.6 Å². The van der Waals surface area contributed by atoms with Crippen LogP contribution in [0.3, 0.4) is 0 Å². The average Bonchev–Trinajstić information content (AvgIpc) is 3.71. The minimum atomic E-state index is -3.70. The molecule has 3 fully saturated rings. The zero-order valence-corrected chi connectivity index (χ0v) is 31.6. The van der Waals surface area contributed by atoms with Crippen LogP contribution in [0, 0.1) is 33.5 Å². The van der Waals surface area contributed by atoms with E-state index in [9.17, 15) is 15.6 Å². The Labute approximate surface area is 298 Å². The molecular weight excluding hydrogens is 678 g/mol. The molecule has 0 radical (unpaired) electrons. The van der Waals surface area contributed by atoms with Crippen molar-refractivity contribution in [3.8, 4) is 12.1 Å². The van der Waals surface area contributed by atoms with Crippen LogP contribution in [-0.2, 0) is 53.2 Å². The summed E-state index contributed by atoms with van der Waals surface area (Å²) < 4.78 is 79.6. The molecule has 3 aliphatic rings. The summed E-state index contributed by atoms with van der Waals surface area (Å²) in [5.41, 5.74) is -0.957. The van der Waals surface area contributed by atoms with Crippen molar-refractivity contribution in [1.82, 2.24) is 0 Å². The third-order valence-corrected chi connectivity index (χ3v) is 12.4. The smallest absolute Gasteiger partial charge is 0.333 e. The van der Waals surface area contributed by atoms with Gasteiger partial charge in [0.15, 0.2) is 0 Å². The number of allylic oxidation sites excluding steroid dienone is 1. The summed E-state index contributed by atoms with van der Waals surface area (Å²) in [6.45, 7) is 8.91. The fraction of sp³-hybridized carbons (Fsp3) is 0.879. The van der Waals surface area contributed by atoms with Gasteiger partial charge in [0.2, 0.25) is 0 Å². The maximum absolute atomic E-state index is 10.4. The third-order valence-electron chi connectivity index (χ3n) is 8.88. The summed E-state index contributed by atoms with van der Waals surface area (Å²) >= 11 is 5.90. The third kappa shape index (κ3) is 12.3. The number of rotatable bonds is 21. The topological polar surface area (TPSA) is 151 Å². The lowest BCUT2D eigenvalue weighted by molar-refractivity contribution is -0.0325. The lowest BCUT2D eigenvalue weighted by Crippen LogP contribution is -2.35. The zero-order chi connectivity index (χ0) is 38.0. The summed E-state index contributed by atoms with van der Waals surface area (Å²) in [7, 11) is -2.12. The second kappa shape index (κ2) is 19.9. The molecule has 14 atom stereocenters. The first kappa shape index (κ1) is 37.2. The second-order valence-electron chi connectivity index (χ2n) is 13.5. The molecule has 0 bridgehead atoms. The fourth-order valence-corrected chi connectivity index (χ4v) is 9.35. The van der Waals surface area contributed by atoms with E-state index in [1.165, 1.54) is 0 Å². The molecule has 3 aliphatic heterocycles. The summed E-state index contributed by atoms with van der Waals surface area (Å²) in [5, 5.41) is 29.7. The first-order valence-corrected chi connectivity index (χ1v) is 20.3. The average molecular weight is 741 g/mol. The van der Waals surface area contributed by atoms with Crippen molar-refractivity contribution in [3.05, 3.63) is 12.7 Å². The maximum atomic E-state index is 10.4. The Hall–Kier alpha value is -0.600. The van der Waals surface area contributed by atoms with Crippen LogP contribution in [0.15, 0.2) is 12.7 Å². The molecule has 0 saturated carbocycles. The highest BCUT2D eigenvalue weighted by Crippen LogP contribution is 2.56. The molecule has 48 heavy (non-hydrogen) atoms. The quantitative estimate of drug-likeness (QED) is 0.0950. The molecule has 0 aromatic carbocycles. The molecule has 3 rings (SSSR count). The monoisotopic (exact) mass is 740 g/mol. The second-order valence-corrected chi connectivity index (χ2v) is 17.6. The van der Waals surface area contributed by atoms with Crippen LogP contribution in [-0.4, -0.2) is 86.9 Å². The SMILES string of the molecule is [3H]C1CC(O)C(COP(=S)(OC2CC([3H])OC2COP(OC2CC([3H])OC2CC)OC(CC#N)C(C)(CC)CC=C)OC(CC#N)C(C)(C)C)O1. The van der Waals surface area contributed by atoms with E-state index in [1.807, 2.05) is 41.5 Å². The maximum Gasteiger partial charge on any atom is 0.333 e. The minimum Gasteiger partial charge on any atom is -0.390 e. The van der Waals surface area contributed by atoms with E-state index < -0.39 is 88.6 Å². The van der Waals surface area contributed by atoms with Gasteiger partial charge in [-0.2, -0.15) is 10.5 Å². The van der Waals surface area contributed by atoms with Gasteiger partial charge in [-0.3, -0.25) is 0 Å². The predicted molar refractivity (Wildman–Crippen MR) is 185 cm³/mol. The van der Waals surface area contributed by atoms with E-state index in [0.717, 1.165) is 0 Å². The molecule has 274 valence electrons. The molecule has 0 aromatic rings. The van der Waals surface area contributed by atoms with Gasteiger partial charge in [0.05, 0.1) is 78.9 Å². The van der Waals surface area contributed by atoms with Crippen LogP contribution in [0.2, 0.25) is 0 Å². The molecule has 15 heteroatoms. The fourth-order valence-electron chi connectivity index (χ4n) is 5.34. The predicted octanol–water partition coefficient (Wildman–Crippen LogP) is 7.02. The van der Waals surface area contributed by atoms with Crippen molar-refractivity contribution in [2.24, 2.45) is 10.8 Å². The molecular formula is C33H56N2O10P2S. The molecule has 3 heterocycles. The lowest BCUT2D eigenvalue weighted by atomic mass is 9.77. The Morgan fingerprint density at radius 3 is 2.21 bits per heavy atom. The van der Waals surface area contributed by atoms with Gasteiger partial charge >= 0.3 is 15.3 Å². The number of nitrogens with zero attached hydrogens (tertiary/aromatic N) is 2. The number of aliphatic hydroxyl groups excluding tert-OH is 1. The lowest BCUT2D eigenvalue weighted by Gasteiger charge is -2.37. The number of hydrogen-bond acceptors (Lipinski definition) is 13. The van der Waals surface area contributed by atoms with Crippen LogP contribution >= 0.6 is 15.3 Å². The van der Waals surface area contributed by atoms with Gasteiger partial charge in [-0.25, -0.2) is 0 Å². The van der Waals surface area contributed by atoms with Gasteiger partial charge < -0.3 is 46.5 Å². The van der Waals surface area contributed by atoms with Gasteiger partial charge in [0.1, 0.15) is 12.2 Å². The van der Waals surface area contributed by atoms with Crippen molar-refractivity contribution in [3.63, 3.8) is 0 Å². The summed E-state index contributed by atoms with van der Waals surface area (Å²) in [4.78, 5) is 0. The highest BCUT2D eigenvalue weighted by atomic mass is 32.5. The summed E-state index contributed by atoms with van der Waals surface area (Å²) in [6, 6.07) is 4.36. The normalized spacial score (nSPS) is 36.0. The number of aliphatic hydroxyl groups is 1. The minimum absolute atomic E-state index is 0.00884. The molecule has 0 aromatic heterocycles. The first-order valence-electron chi connectivity index (χ1n) is 18.4. The first-order chi connectivity index (χ1) is 24.0. The highest BCUT2D eigenvalue weighted by Gasteiger charge is 2.43. The van der Waals surface area contributed by atoms with Gasteiger partial charge in [-0.05, 0) is 48.3 Å². The van der Waals surface area contributed by atoms with Crippen LogP contribution in [0.1, 0.15) is 97.0 Å². The Bertz CT molecular complexity index is 1240. The van der Waals surface area contributed by atoms with Gasteiger partial charge in [0.25, 0.3) is 0 Å². The Morgan fingerprint density at radius 2 is 1.62 bits per heavy atom. The van der Waals surface area contributed by atoms with Crippen LogP contribution in [0.25, 0.3) is 0 Å². The van der Waals surface area contributed by atoms with Crippen molar-refractivity contribution in [2.75, 3.05) is 33.0 Å². The van der Waals surface area contributed by atoms with E-state index in [-0.39, 0.29) is 45.0 Å². The van der Waals surface area contributed by atoms with Crippen molar-refractivity contribution in [1.29, 1.82) is 10.5 Å². The van der Waals surface area contributed by atoms with E-state index in [2.05, 4.69) is 18.7 Å². The zero-order valence-electron chi connectivity index (χ0n) is 32.0.